The SMILES string of the molecule is OCCCN(CCC(O)c1ccc(Br)cc1Cl)C1CCC1. The molecule has 0 spiro atoms. The summed E-state index contributed by atoms with van der Waals surface area (Å²) in [5.74, 6) is 0. The maximum absolute atomic E-state index is 10.4. The van der Waals surface area contributed by atoms with E-state index in [2.05, 4.69) is 20.8 Å². The maximum Gasteiger partial charge on any atom is 0.0816 e. The van der Waals surface area contributed by atoms with E-state index in [1.165, 1.54) is 19.3 Å². The molecule has 0 heterocycles. The highest BCUT2D eigenvalue weighted by Gasteiger charge is 2.25. The van der Waals surface area contributed by atoms with Gasteiger partial charge in [-0.1, -0.05) is 40.0 Å². The van der Waals surface area contributed by atoms with E-state index in [0.717, 1.165) is 29.5 Å². The Kier molecular flexibility index (Phi) is 6.96. The molecule has 3 nitrogen and oxygen atoms in total. The summed E-state index contributed by atoms with van der Waals surface area (Å²) < 4.78 is 0.919. The van der Waals surface area contributed by atoms with Crippen LogP contribution >= 0.6 is 27.5 Å². The number of halogens is 2. The van der Waals surface area contributed by atoms with E-state index >= 15 is 0 Å². The van der Waals surface area contributed by atoms with Crippen molar-refractivity contribution in [1.29, 1.82) is 0 Å². The van der Waals surface area contributed by atoms with Crippen molar-refractivity contribution in [3.8, 4) is 0 Å². The summed E-state index contributed by atoms with van der Waals surface area (Å²) in [5.41, 5.74) is 0.788. The molecule has 118 valence electrons. The second kappa shape index (κ2) is 8.49. The van der Waals surface area contributed by atoms with Gasteiger partial charge in [0.05, 0.1) is 6.10 Å². The molecule has 0 bridgehead atoms. The number of hydrogen-bond donors (Lipinski definition) is 2. The van der Waals surface area contributed by atoms with Gasteiger partial charge >= 0.3 is 0 Å². The van der Waals surface area contributed by atoms with E-state index in [4.69, 9.17) is 16.7 Å². The molecule has 1 unspecified atom stereocenters. The van der Waals surface area contributed by atoms with Crippen molar-refractivity contribution in [2.75, 3.05) is 19.7 Å². The molecule has 1 saturated carbocycles. The van der Waals surface area contributed by atoms with Gasteiger partial charge in [0.1, 0.15) is 0 Å². The summed E-state index contributed by atoms with van der Waals surface area (Å²) in [5, 5.41) is 20.0. The molecule has 1 aliphatic carbocycles. The van der Waals surface area contributed by atoms with E-state index in [-0.39, 0.29) is 6.61 Å². The predicted molar refractivity (Wildman–Crippen MR) is 89.6 cm³/mol. The van der Waals surface area contributed by atoms with Crippen molar-refractivity contribution < 1.29 is 10.2 Å². The van der Waals surface area contributed by atoms with Gasteiger partial charge in [0.15, 0.2) is 0 Å². The lowest BCUT2D eigenvalue weighted by atomic mass is 9.91. The number of hydrogen-bond acceptors (Lipinski definition) is 3. The van der Waals surface area contributed by atoms with Crippen molar-refractivity contribution in [3.63, 3.8) is 0 Å². The minimum absolute atomic E-state index is 0.227. The lowest BCUT2D eigenvalue weighted by Gasteiger charge is -2.38. The average Bonchev–Trinajstić information content (AvgIpc) is 2.39. The van der Waals surface area contributed by atoms with Crippen molar-refractivity contribution in [2.45, 2.75) is 44.2 Å². The van der Waals surface area contributed by atoms with Gasteiger partial charge in [0, 0.05) is 35.2 Å². The van der Waals surface area contributed by atoms with Gasteiger partial charge in [0.2, 0.25) is 0 Å². The van der Waals surface area contributed by atoms with Crippen LogP contribution in [-0.2, 0) is 0 Å². The molecule has 0 aromatic heterocycles. The largest absolute Gasteiger partial charge is 0.396 e. The first-order valence-corrected chi connectivity index (χ1v) is 8.77. The lowest BCUT2D eigenvalue weighted by molar-refractivity contribution is 0.0864. The smallest absolute Gasteiger partial charge is 0.0816 e. The zero-order valence-corrected chi connectivity index (χ0v) is 14.5. The average molecular weight is 377 g/mol. The number of nitrogens with zero attached hydrogens (tertiary/aromatic N) is 1. The Labute approximate surface area is 140 Å². The first-order valence-electron chi connectivity index (χ1n) is 7.59. The Morgan fingerprint density at radius 1 is 1.33 bits per heavy atom. The van der Waals surface area contributed by atoms with Crippen LogP contribution in [0.2, 0.25) is 5.02 Å². The van der Waals surface area contributed by atoms with Crippen molar-refractivity contribution >= 4 is 27.5 Å². The fourth-order valence-electron chi connectivity index (χ4n) is 2.72. The van der Waals surface area contributed by atoms with Crippen LogP contribution in [0.4, 0.5) is 0 Å². The van der Waals surface area contributed by atoms with Gasteiger partial charge in [0.25, 0.3) is 0 Å². The molecule has 5 heteroatoms. The number of aliphatic hydroxyl groups excluding tert-OH is 2. The van der Waals surface area contributed by atoms with E-state index in [1.54, 1.807) is 0 Å². The topological polar surface area (TPSA) is 43.7 Å². The standard InChI is InChI=1S/C16H23BrClNO2/c17-12-5-6-14(15(18)11-12)16(21)7-9-19(8-2-10-20)13-3-1-4-13/h5-6,11,13,16,20-21H,1-4,7-10H2. The Morgan fingerprint density at radius 2 is 2.10 bits per heavy atom. The van der Waals surface area contributed by atoms with E-state index in [9.17, 15) is 5.11 Å². The van der Waals surface area contributed by atoms with E-state index in [0.29, 0.717) is 17.5 Å². The molecule has 1 aromatic rings. The fourth-order valence-corrected chi connectivity index (χ4v) is 3.52. The second-order valence-electron chi connectivity index (χ2n) is 5.67. The van der Waals surface area contributed by atoms with Crippen LogP contribution < -0.4 is 0 Å². The summed E-state index contributed by atoms with van der Waals surface area (Å²) in [4.78, 5) is 2.40. The van der Waals surface area contributed by atoms with Gasteiger partial charge in [-0.05, 0) is 43.4 Å². The minimum atomic E-state index is -0.540. The summed E-state index contributed by atoms with van der Waals surface area (Å²) in [6, 6.07) is 6.22. The minimum Gasteiger partial charge on any atom is -0.396 e. The first kappa shape index (κ1) is 17.2. The number of aliphatic hydroxyl groups is 2. The molecule has 21 heavy (non-hydrogen) atoms. The molecular weight excluding hydrogens is 354 g/mol. The predicted octanol–water partition coefficient (Wildman–Crippen LogP) is 3.76. The van der Waals surface area contributed by atoms with Crippen LogP contribution in [0.3, 0.4) is 0 Å². The molecule has 1 atom stereocenters. The summed E-state index contributed by atoms with van der Waals surface area (Å²) in [6.07, 6.45) is 4.69. The van der Waals surface area contributed by atoms with Crippen LogP contribution in [-0.4, -0.2) is 40.9 Å². The highest BCUT2D eigenvalue weighted by Crippen LogP contribution is 2.30. The molecule has 2 rings (SSSR count). The monoisotopic (exact) mass is 375 g/mol. The fraction of sp³-hybridized carbons (Fsp3) is 0.625. The number of benzene rings is 1. The third-order valence-electron chi connectivity index (χ3n) is 4.21. The van der Waals surface area contributed by atoms with Gasteiger partial charge in [-0.15, -0.1) is 0 Å². The molecule has 0 amide bonds. The van der Waals surface area contributed by atoms with Gasteiger partial charge in [-0.2, -0.15) is 0 Å². The third kappa shape index (κ3) is 4.93. The highest BCUT2D eigenvalue weighted by molar-refractivity contribution is 9.10. The Balaban J connectivity index is 1.89. The van der Waals surface area contributed by atoms with Crippen molar-refractivity contribution in [1.82, 2.24) is 4.90 Å². The van der Waals surface area contributed by atoms with Gasteiger partial charge in [-0.3, -0.25) is 0 Å². The van der Waals surface area contributed by atoms with Crippen molar-refractivity contribution in [2.24, 2.45) is 0 Å². The van der Waals surface area contributed by atoms with E-state index in [1.807, 2.05) is 18.2 Å². The number of rotatable bonds is 8. The Morgan fingerprint density at radius 3 is 2.67 bits per heavy atom. The summed E-state index contributed by atoms with van der Waals surface area (Å²) in [7, 11) is 0. The summed E-state index contributed by atoms with van der Waals surface area (Å²) >= 11 is 9.56. The maximum atomic E-state index is 10.4. The molecule has 0 aliphatic heterocycles. The molecule has 2 N–H and O–H groups in total. The van der Waals surface area contributed by atoms with E-state index < -0.39 is 6.10 Å². The molecule has 1 aliphatic rings. The van der Waals surface area contributed by atoms with Crippen LogP contribution in [0.25, 0.3) is 0 Å². The van der Waals surface area contributed by atoms with Crippen LogP contribution in [0.15, 0.2) is 22.7 Å². The second-order valence-corrected chi connectivity index (χ2v) is 6.99. The Bertz CT molecular complexity index is 454. The normalized spacial score (nSPS) is 17.0. The lowest BCUT2D eigenvalue weighted by Crippen LogP contribution is -2.41. The van der Waals surface area contributed by atoms with Crippen LogP contribution in [0.1, 0.15) is 43.8 Å². The first-order chi connectivity index (χ1) is 10.1. The van der Waals surface area contributed by atoms with Gasteiger partial charge in [-0.25, -0.2) is 0 Å². The molecule has 1 aromatic carbocycles. The Hall–Kier alpha value is -0.130. The zero-order chi connectivity index (χ0) is 15.2. The quantitative estimate of drug-likeness (QED) is 0.726. The zero-order valence-electron chi connectivity index (χ0n) is 12.1. The molecule has 0 saturated heterocycles. The van der Waals surface area contributed by atoms with Crippen molar-refractivity contribution in [3.05, 3.63) is 33.3 Å². The van der Waals surface area contributed by atoms with Gasteiger partial charge < -0.3 is 15.1 Å². The van der Waals surface area contributed by atoms with Crippen LogP contribution in [0.5, 0.6) is 0 Å². The molecular formula is C16H23BrClNO2. The summed E-state index contributed by atoms with van der Waals surface area (Å²) in [6.45, 7) is 1.98. The third-order valence-corrected chi connectivity index (χ3v) is 5.03. The van der Waals surface area contributed by atoms with Crippen LogP contribution in [0, 0.1) is 0 Å². The molecule has 0 radical (unpaired) electrons. The molecule has 1 fully saturated rings. The highest BCUT2D eigenvalue weighted by atomic mass is 79.9.